The Morgan fingerprint density at radius 2 is 2.04 bits per heavy atom. The molecule has 0 radical (unpaired) electrons. The number of halogens is 1. The van der Waals surface area contributed by atoms with Crippen molar-refractivity contribution in [3.63, 3.8) is 0 Å². The van der Waals surface area contributed by atoms with Crippen molar-refractivity contribution in [2.75, 3.05) is 6.61 Å². The summed E-state index contributed by atoms with van der Waals surface area (Å²) in [6, 6.07) is 0. The van der Waals surface area contributed by atoms with Crippen LogP contribution in [-0.2, 0) is 4.79 Å². The molecule has 0 aromatic carbocycles. The third-order valence-corrected chi connectivity index (χ3v) is 8.88. The lowest BCUT2D eigenvalue weighted by Crippen LogP contribution is -2.69. The molecule has 3 fully saturated rings. The lowest BCUT2D eigenvalue weighted by atomic mass is 9.44. The number of Topliss-reactive ketones (excluding diaryl/α,β-unsaturated/α-hetero) is 1. The SMILES string of the molecule is C=C1C=C[C@@]2(C)C(=C1)CC[C@H]1[C@@H]3C[C@@H](C)[C@](O)(C(=O)CO)[C@@]3(C)C[C@H](O)[C@@]12F. The molecule has 0 amide bonds. The molecule has 4 aliphatic carbocycles. The van der Waals surface area contributed by atoms with Crippen LogP contribution in [0.25, 0.3) is 0 Å². The van der Waals surface area contributed by atoms with E-state index in [1.165, 1.54) is 0 Å². The number of ketones is 1. The van der Waals surface area contributed by atoms with Gasteiger partial charge in [-0.1, -0.05) is 44.2 Å². The van der Waals surface area contributed by atoms with Crippen LogP contribution < -0.4 is 0 Å². The Hall–Kier alpha value is -1.30. The van der Waals surface area contributed by atoms with E-state index in [0.29, 0.717) is 19.3 Å². The normalized spacial score (nSPS) is 52.5. The third kappa shape index (κ3) is 2.03. The van der Waals surface area contributed by atoms with Crippen molar-refractivity contribution in [2.24, 2.45) is 28.6 Å². The van der Waals surface area contributed by atoms with Gasteiger partial charge < -0.3 is 15.3 Å². The number of carbonyl (C=O) groups is 1. The molecule has 0 heterocycles. The van der Waals surface area contributed by atoms with Crippen LogP contribution in [0.5, 0.6) is 0 Å². The van der Waals surface area contributed by atoms with Crippen LogP contribution in [0.1, 0.15) is 46.5 Å². The van der Waals surface area contributed by atoms with Crippen LogP contribution in [0.2, 0.25) is 0 Å². The highest BCUT2D eigenvalue weighted by Gasteiger charge is 2.75. The van der Waals surface area contributed by atoms with E-state index in [2.05, 4.69) is 6.58 Å². The predicted octanol–water partition coefficient (Wildman–Crippen LogP) is 2.88. The Balaban J connectivity index is 1.84. The van der Waals surface area contributed by atoms with E-state index in [1.807, 2.05) is 25.2 Å². The number of aliphatic hydroxyl groups is 3. The first-order chi connectivity index (χ1) is 13.0. The lowest BCUT2D eigenvalue weighted by Gasteiger charge is -2.62. The van der Waals surface area contributed by atoms with Crippen molar-refractivity contribution in [1.82, 2.24) is 0 Å². The number of carbonyl (C=O) groups excluding carboxylic acids is 1. The van der Waals surface area contributed by atoms with Gasteiger partial charge in [-0.2, -0.15) is 0 Å². The van der Waals surface area contributed by atoms with Crippen molar-refractivity contribution >= 4 is 5.78 Å². The second kappa shape index (κ2) is 5.87. The van der Waals surface area contributed by atoms with E-state index in [9.17, 15) is 20.1 Å². The molecule has 0 aromatic heterocycles. The average Bonchev–Trinajstić information content (AvgIpc) is 2.84. The minimum absolute atomic E-state index is 0.00506. The fraction of sp³-hybridized carbons (Fsp3) is 0.696. The minimum Gasteiger partial charge on any atom is -0.390 e. The van der Waals surface area contributed by atoms with Crippen molar-refractivity contribution in [3.05, 3.63) is 36.0 Å². The maximum absolute atomic E-state index is 16.9. The molecular weight excluding hydrogens is 359 g/mol. The highest BCUT2D eigenvalue weighted by molar-refractivity contribution is 5.90. The molecular formula is C23H31FO4. The molecule has 4 aliphatic rings. The van der Waals surface area contributed by atoms with Gasteiger partial charge in [0.05, 0.1) is 6.10 Å². The molecule has 3 N–H and O–H groups in total. The molecule has 0 aliphatic heterocycles. The van der Waals surface area contributed by atoms with Gasteiger partial charge in [0, 0.05) is 16.7 Å². The highest BCUT2D eigenvalue weighted by atomic mass is 19.1. The molecule has 0 bridgehead atoms. The number of alkyl halides is 1. The molecule has 0 saturated heterocycles. The van der Waals surface area contributed by atoms with E-state index >= 15 is 4.39 Å². The molecule has 4 rings (SSSR count). The number of hydrogen-bond donors (Lipinski definition) is 3. The van der Waals surface area contributed by atoms with Gasteiger partial charge in [0.15, 0.2) is 11.5 Å². The quantitative estimate of drug-likeness (QED) is 0.678. The standard InChI is InChI=1S/C23H31FO4/c1-13-7-8-20(3)15(9-13)5-6-16-17-10-14(2)23(28,19(27)12-25)21(17,4)11-18(26)22(16,20)24/h7-9,14,16-18,25-26,28H,1,5-6,10-12H2,2-4H3/t14-,16+,17+,18+,20+,21+,22+,23+/m1/s1. The van der Waals surface area contributed by atoms with Gasteiger partial charge in [-0.05, 0) is 50.0 Å². The molecule has 4 nitrogen and oxygen atoms in total. The van der Waals surface area contributed by atoms with Crippen LogP contribution in [0.3, 0.4) is 0 Å². The zero-order valence-corrected chi connectivity index (χ0v) is 16.9. The Morgan fingerprint density at radius 3 is 2.68 bits per heavy atom. The maximum atomic E-state index is 16.9. The van der Waals surface area contributed by atoms with Crippen molar-refractivity contribution < 1.29 is 24.5 Å². The number of allylic oxidation sites excluding steroid dienone is 5. The fourth-order valence-electron chi connectivity index (χ4n) is 7.34. The molecule has 28 heavy (non-hydrogen) atoms. The molecule has 0 spiro atoms. The molecule has 154 valence electrons. The largest absolute Gasteiger partial charge is 0.390 e. The minimum atomic E-state index is -1.87. The summed E-state index contributed by atoms with van der Waals surface area (Å²) in [5.41, 5.74) is -3.72. The molecule has 0 unspecified atom stereocenters. The van der Waals surface area contributed by atoms with Crippen LogP contribution in [0.4, 0.5) is 4.39 Å². The van der Waals surface area contributed by atoms with Crippen LogP contribution >= 0.6 is 0 Å². The Kier molecular flexibility index (Phi) is 4.19. The Morgan fingerprint density at radius 1 is 1.36 bits per heavy atom. The van der Waals surface area contributed by atoms with Gasteiger partial charge in [-0.3, -0.25) is 4.79 Å². The topological polar surface area (TPSA) is 77.8 Å². The van der Waals surface area contributed by atoms with Crippen LogP contribution in [-0.4, -0.2) is 45.1 Å². The zero-order chi connectivity index (χ0) is 20.7. The second-order valence-electron chi connectivity index (χ2n) is 9.92. The number of rotatable bonds is 2. The van der Waals surface area contributed by atoms with Crippen molar-refractivity contribution in [3.8, 4) is 0 Å². The number of aliphatic hydroxyl groups excluding tert-OH is 2. The summed E-state index contributed by atoms with van der Waals surface area (Å²) in [5.74, 6) is -1.74. The summed E-state index contributed by atoms with van der Waals surface area (Å²) < 4.78 is 16.9. The zero-order valence-electron chi connectivity index (χ0n) is 16.9. The second-order valence-corrected chi connectivity index (χ2v) is 9.92. The van der Waals surface area contributed by atoms with Gasteiger partial charge in [-0.15, -0.1) is 0 Å². The summed E-state index contributed by atoms with van der Waals surface area (Å²) in [7, 11) is 0. The summed E-state index contributed by atoms with van der Waals surface area (Å²) in [4.78, 5) is 12.6. The van der Waals surface area contributed by atoms with E-state index in [1.54, 1.807) is 13.8 Å². The Bertz CT molecular complexity index is 802. The van der Waals surface area contributed by atoms with Crippen LogP contribution in [0, 0.1) is 28.6 Å². The first-order valence-electron chi connectivity index (χ1n) is 10.3. The maximum Gasteiger partial charge on any atom is 0.190 e. The molecule has 3 saturated carbocycles. The monoisotopic (exact) mass is 390 g/mol. The molecule has 8 atom stereocenters. The van der Waals surface area contributed by atoms with Gasteiger partial charge in [0.1, 0.15) is 12.2 Å². The van der Waals surface area contributed by atoms with Gasteiger partial charge in [0.2, 0.25) is 0 Å². The fourth-order valence-corrected chi connectivity index (χ4v) is 7.34. The van der Waals surface area contributed by atoms with E-state index in [4.69, 9.17) is 0 Å². The van der Waals surface area contributed by atoms with Gasteiger partial charge in [0.25, 0.3) is 0 Å². The molecule has 5 heteroatoms. The molecule has 0 aromatic rings. The highest BCUT2D eigenvalue weighted by Crippen LogP contribution is 2.70. The van der Waals surface area contributed by atoms with Crippen molar-refractivity contribution in [1.29, 1.82) is 0 Å². The summed E-state index contributed by atoms with van der Waals surface area (Å²) >= 11 is 0. The van der Waals surface area contributed by atoms with Gasteiger partial charge in [-0.25, -0.2) is 4.39 Å². The van der Waals surface area contributed by atoms with E-state index in [0.717, 1.165) is 11.1 Å². The first kappa shape index (κ1) is 20.0. The Labute approximate surface area is 165 Å². The smallest absolute Gasteiger partial charge is 0.190 e. The number of fused-ring (bicyclic) bond motifs is 5. The van der Waals surface area contributed by atoms with E-state index in [-0.39, 0.29) is 12.3 Å². The third-order valence-electron chi connectivity index (χ3n) is 8.88. The van der Waals surface area contributed by atoms with Gasteiger partial charge >= 0.3 is 0 Å². The first-order valence-corrected chi connectivity index (χ1v) is 10.3. The average molecular weight is 390 g/mol. The lowest BCUT2D eigenvalue weighted by molar-refractivity contribution is -0.219. The summed E-state index contributed by atoms with van der Waals surface area (Å²) in [6.07, 6.45) is 6.04. The summed E-state index contributed by atoms with van der Waals surface area (Å²) in [6.45, 7) is 8.65. The summed E-state index contributed by atoms with van der Waals surface area (Å²) in [5, 5.41) is 32.1. The van der Waals surface area contributed by atoms with Crippen molar-refractivity contribution in [2.45, 2.75) is 63.8 Å². The van der Waals surface area contributed by atoms with E-state index < -0.39 is 52.4 Å². The predicted molar refractivity (Wildman–Crippen MR) is 104 cm³/mol. The number of hydrogen-bond acceptors (Lipinski definition) is 4. The van der Waals surface area contributed by atoms with Crippen LogP contribution in [0.15, 0.2) is 36.0 Å².